The Balaban J connectivity index is 3.12. The van der Waals surface area contributed by atoms with Crippen molar-refractivity contribution in [2.24, 2.45) is 5.41 Å². The summed E-state index contributed by atoms with van der Waals surface area (Å²) in [5, 5.41) is 10.2. The highest BCUT2D eigenvalue weighted by Crippen LogP contribution is 2.35. The van der Waals surface area contributed by atoms with Crippen molar-refractivity contribution in [1.82, 2.24) is 0 Å². The average Bonchev–Trinajstić information content (AvgIpc) is 2.16. The summed E-state index contributed by atoms with van der Waals surface area (Å²) in [7, 11) is 1.64. The highest BCUT2D eigenvalue weighted by Gasteiger charge is 2.25. The van der Waals surface area contributed by atoms with Crippen LogP contribution in [0.15, 0.2) is 18.2 Å². The Hall–Kier alpha value is -1.02. The van der Waals surface area contributed by atoms with Gasteiger partial charge in [0.2, 0.25) is 0 Å². The van der Waals surface area contributed by atoms with Crippen molar-refractivity contribution in [1.29, 1.82) is 0 Å². The predicted octanol–water partition coefficient (Wildman–Crippen LogP) is 3.08. The Morgan fingerprint density at radius 2 is 1.87 bits per heavy atom. The molecule has 1 atom stereocenters. The fourth-order valence-corrected chi connectivity index (χ4v) is 1.51. The summed E-state index contributed by atoms with van der Waals surface area (Å²) in [5.41, 5.74) is 1.89. The number of methoxy groups -OCH3 is 1. The maximum Gasteiger partial charge on any atom is 0.119 e. The van der Waals surface area contributed by atoms with Crippen molar-refractivity contribution < 1.29 is 9.84 Å². The SMILES string of the molecule is COc1ccc(C)c(C(O)C(C)(C)C)c1. The van der Waals surface area contributed by atoms with Crippen LogP contribution >= 0.6 is 0 Å². The van der Waals surface area contributed by atoms with Gasteiger partial charge in [-0.3, -0.25) is 0 Å². The van der Waals surface area contributed by atoms with Gasteiger partial charge in [-0.15, -0.1) is 0 Å². The molecule has 0 aliphatic heterocycles. The van der Waals surface area contributed by atoms with Crippen LogP contribution in [0, 0.1) is 12.3 Å². The van der Waals surface area contributed by atoms with E-state index in [1.165, 1.54) is 0 Å². The lowest BCUT2D eigenvalue weighted by Crippen LogP contribution is -2.18. The largest absolute Gasteiger partial charge is 0.497 e. The first kappa shape index (κ1) is 12.1. The summed E-state index contributed by atoms with van der Waals surface area (Å²) in [6, 6.07) is 5.79. The second-order valence-corrected chi connectivity index (χ2v) is 4.99. The van der Waals surface area contributed by atoms with Crippen LogP contribution in [-0.4, -0.2) is 12.2 Å². The molecular weight excluding hydrogens is 188 g/mol. The molecule has 0 aliphatic carbocycles. The summed E-state index contributed by atoms with van der Waals surface area (Å²) in [5.74, 6) is 0.791. The van der Waals surface area contributed by atoms with Gasteiger partial charge in [-0.1, -0.05) is 26.8 Å². The smallest absolute Gasteiger partial charge is 0.119 e. The molecule has 2 heteroatoms. The van der Waals surface area contributed by atoms with Gasteiger partial charge in [0.1, 0.15) is 5.75 Å². The lowest BCUT2D eigenvalue weighted by atomic mass is 9.83. The highest BCUT2D eigenvalue weighted by molar-refractivity contribution is 5.36. The number of hydrogen-bond donors (Lipinski definition) is 1. The molecule has 0 spiro atoms. The molecule has 0 saturated carbocycles. The van der Waals surface area contributed by atoms with E-state index in [4.69, 9.17) is 4.74 Å². The number of aliphatic hydroxyl groups is 1. The van der Waals surface area contributed by atoms with Crippen LogP contribution in [0.4, 0.5) is 0 Å². The number of aryl methyl sites for hydroxylation is 1. The third-order valence-electron chi connectivity index (χ3n) is 2.60. The Kier molecular flexibility index (Phi) is 3.40. The van der Waals surface area contributed by atoms with Gasteiger partial charge < -0.3 is 9.84 Å². The molecule has 0 radical (unpaired) electrons. The molecular formula is C13H20O2. The number of ether oxygens (including phenoxy) is 1. The summed E-state index contributed by atoms with van der Waals surface area (Å²) < 4.78 is 5.16. The summed E-state index contributed by atoms with van der Waals surface area (Å²) >= 11 is 0. The lowest BCUT2D eigenvalue weighted by Gasteiger charge is -2.27. The van der Waals surface area contributed by atoms with Gasteiger partial charge in [0.25, 0.3) is 0 Å². The number of aliphatic hydroxyl groups excluding tert-OH is 1. The van der Waals surface area contributed by atoms with E-state index in [0.717, 1.165) is 16.9 Å². The average molecular weight is 208 g/mol. The molecule has 0 aliphatic rings. The third-order valence-corrected chi connectivity index (χ3v) is 2.60. The minimum atomic E-state index is -0.465. The topological polar surface area (TPSA) is 29.5 Å². The summed E-state index contributed by atoms with van der Waals surface area (Å²) in [4.78, 5) is 0. The van der Waals surface area contributed by atoms with Crippen LogP contribution < -0.4 is 4.74 Å². The predicted molar refractivity (Wildman–Crippen MR) is 62.1 cm³/mol. The van der Waals surface area contributed by atoms with Gasteiger partial charge in [0, 0.05) is 0 Å². The Morgan fingerprint density at radius 1 is 1.27 bits per heavy atom. The minimum absolute atomic E-state index is 0.156. The molecule has 0 fully saturated rings. The van der Waals surface area contributed by atoms with E-state index in [9.17, 15) is 5.11 Å². The van der Waals surface area contributed by atoms with Crippen LogP contribution in [-0.2, 0) is 0 Å². The molecule has 0 aromatic heterocycles. The fraction of sp³-hybridized carbons (Fsp3) is 0.538. The van der Waals surface area contributed by atoms with E-state index in [0.29, 0.717) is 0 Å². The van der Waals surface area contributed by atoms with E-state index in [2.05, 4.69) is 0 Å². The Labute approximate surface area is 91.9 Å². The molecule has 1 aromatic carbocycles. The molecule has 0 amide bonds. The maximum atomic E-state index is 10.2. The molecule has 1 unspecified atom stereocenters. The van der Waals surface area contributed by atoms with Crippen molar-refractivity contribution in [3.8, 4) is 5.75 Å². The van der Waals surface area contributed by atoms with Crippen molar-refractivity contribution in [3.05, 3.63) is 29.3 Å². The lowest BCUT2D eigenvalue weighted by molar-refractivity contribution is 0.0619. The molecule has 0 bridgehead atoms. The van der Waals surface area contributed by atoms with Gasteiger partial charge in [0.05, 0.1) is 13.2 Å². The quantitative estimate of drug-likeness (QED) is 0.809. The van der Waals surface area contributed by atoms with Crippen LogP contribution in [0.1, 0.15) is 38.0 Å². The van der Waals surface area contributed by atoms with Crippen LogP contribution in [0.5, 0.6) is 5.75 Å². The molecule has 2 nitrogen and oxygen atoms in total. The number of benzene rings is 1. The molecule has 0 heterocycles. The Morgan fingerprint density at radius 3 is 2.33 bits per heavy atom. The van der Waals surface area contributed by atoms with Crippen molar-refractivity contribution >= 4 is 0 Å². The Bertz CT molecular complexity index is 337. The van der Waals surface area contributed by atoms with E-state index in [1.807, 2.05) is 45.9 Å². The van der Waals surface area contributed by atoms with Gasteiger partial charge in [-0.25, -0.2) is 0 Å². The van der Waals surface area contributed by atoms with Crippen LogP contribution in [0.3, 0.4) is 0 Å². The molecule has 1 aromatic rings. The normalized spacial score (nSPS) is 13.7. The van der Waals surface area contributed by atoms with Crippen LogP contribution in [0.2, 0.25) is 0 Å². The standard InChI is InChI=1S/C13H20O2/c1-9-6-7-10(15-5)8-11(9)12(14)13(2,3)4/h6-8,12,14H,1-5H3. The first-order valence-corrected chi connectivity index (χ1v) is 5.19. The molecule has 0 saturated heterocycles. The highest BCUT2D eigenvalue weighted by atomic mass is 16.5. The zero-order valence-corrected chi connectivity index (χ0v) is 10.2. The zero-order valence-electron chi connectivity index (χ0n) is 10.2. The van der Waals surface area contributed by atoms with E-state index < -0.39 is 6.10 Å². The monoisotopic (exact) mass is 208 g/mol. The fourth-order valence-electron chi connectivity index (χ4n) is 1.51. The zero-order chi connectivity index (χ0) is 11.6. The molecule has 1 rings (SSSR count). The van der Waals surface area contributed by atoms with Crippen LogP contribution in [0.25, 0.3) is 0 Å². The molecule has 1 N–H and O–H groups in total. The summed E-state index contributed by atoms with van der Waals surface area (Å²) in [6.45, 7) is 8.08. The second-order valence-electron chi connectivity index (χ2n) is 4.99. The minimum Gasteiger partial charge on any atom is -0.497 e. The van der Waals surface area contributed by atoms with Gasteiger partial charge in [-0.05, 0) is 35.6 Å². The van der Waals surface area contributed by atoms with E-state index in [-0.39, 0.29) is 5.41 Å². The van der Waals surface area contributed by atoms with Crippen molar-refractivity contribution in [2.45, 2.75) is 33.8 Å². The first-order valence-electron chi connectivity index (χ1n) is 5.19. The third kappa shape index (κ3) is 2.72. The maximum absolute atomic E-state index is 10.2. The van der Waals surface area contributed by atoms with Gasteiger partial charge in [-0.2, -0.15) is 0 Å². The van der Waals surface area contributed by atoms with Crippen molar-refractivity contribution in [3.63, 3.8) is 0 Å². The summed E-state index contributed by atoms with van der Waals surface area (Å²) in [6.07, 6.45) is -0.465. The second kappa shape index (κ2) is 4.23. The molecule has 15 heavy (non-hydrogen) atoms. The number of rotatable bonds is 2. The number of hydrogen-bond acceptors (Lipinski definition) is 2. The van der Waals surface area contributed by atoms with Crippen molar-refractivity contribution in [2.75, 3.05) is 7.11 Å². The van der Waals surface area contributed by atoms with E-state index >= 15 is 0 Å². The van der Waals surface area contributed by atoms with Gasteiger partial charge >= 0.3 is 0 Å². The van der Waals surface area contributed by atoms with Gasteiger partial charge in [0.15, 0.2) is 0 Å². The molecule has 84 valence electrons. The first-order chi connectivity index (χ1) is 6.86. The van der Waals surface area contributed by atoms with E-state index in [1.54, 1.807) is 7.11 Å².